The fourth-order valence-corrected chi connectivity index (χ4v) is 2.46. The molecule has 0 unspecified atom stereocenters. The van der Waals surface area contributed by atoms with Crippen LogP contribution in [0.2, 0.25) is 0 Å². The molecule has 0 atom stereocenters. The summed E-state index contributed by atoms with van der Waals surface area (Å²) in [6.07, 6.45) is 0.989. The molecule has 1 heteroatoms. The lowest BCUT2D eigenvalue weighted by Crippen LogP contribution is -2.24. The summed E-state index contributed by atoms with van der Waals surface area (Å²) in [7, 11) is 0. The fourth-order valence-electron chi connectivity index (χ4n) is 2.46. The quantitative estimate of drug-likeness (QED) is 0.709. The van der Waals surface area contributed by atoms with Gasteiger partial charge in [-0.3, -0.25) is 0 Å². The van der Waals surface area contributed by atoms with Gasteiger partial charge in [-0.1, -0.05) is 48.5 Å². The molecule has 0 amide bonds. The highest BCUT2D eigenvalue weighted by Crippen LogP contribution is 2.41. The van der Waals surface area contributed by atoms with E-state index in [1.165, 1.54) is 16.7 Å². The lowest BCUT2D eigenvalue weighted by molar-refractivity contribution is 0.139. The molecular formula is C16H16O. The van der Waals surface area contributed by atoms with Gasteiger partial charge in [-0.15, -0.1) is 0 Å². The SMILES string of the molecule is CC1(C)Cc2cccc(-c3ccccc3)c2O1. The number of ether oxygens (including phenoxy) is 1. The minimum Gasteiger partial charge on any atom is -0.487 e. The Bertz CT molecular complexity index is 541. The Labute approximate surface area is 102 Å². The largest absolute Gasteiger partial charge is 0.487 e. The molecule has 86 valence electrons. The van der Waals surface area contributed by atoms with Crippen LogP contribution in [-0.2, 0) is 6.42 Å². The second-order valence-corrected chi connectivity index (χ2v) is 5.20. The summed E-state index contributed by atoms with van der Waals surface area (Å²) < 4.78 is 6.08. The highest BCUT2D eigenvalue weighted by atomic mass is 16.5. The van der Waals surface area contributed by atoms with Crippen LogP contribution in [0.25, 0.3) is 11.1 Å². The minimum absolute atomic E-state index is 0.0762. The number of hydrogen-bond acceptors (Lipinski definition) is 1. The molecule has 0 bridgehead atoms. The van der Waals surface area contributed by atoms with Crippen LogP contribution in [0.5, 0.6) is 5.75 Å². The second-order valence-electron chi connectivity index (χ2n) is 5.20. The van der Waals surface area contributed by atoms with Crippen LogP contribution < -0.4 is 4.74 Å². The molecular weight excluding hydrogens is 208 g/mol. The average Bonchev–Trinajstić information content (AvgIpc) is 2.63. The normalized spacial score (nSPS) is 16.4. The monoisotopic (exact) mass is 224 g/mol. The van der Waals surface area contributed by atoms with Crippen molar-refractivity contribution in [2.45, 2.75) is 25.9 Å². The highest BCUT2D eigenvalue weighted by molar-refractivity contribution is 5.73. The molecule has 0 fully saturated rings. The van der Waals surface area contributed by atoms with E-state index in [-0.39, 0.29) is 5.60 Å². The van der Waals surface area contributed by atoms with Gasteiger partial charge in [0.25, 0.3) is 0 Å². The Kier molecular flexibility index (Phi) is 2.22. The van der Waals surface area contributed by atoms with Crippen molar-refractivity contribution < 1.29 is 4.74 Å². The Morgan fingerprint density at radius 2 is 1.71 bits per heavy atom. The summed E-state index contributed by atoms with van der Waals surface area (Å²) >= 11 is 0. The van der Waals surface area contributed by atoms with Crippen LogP contribution >= 0.6 is 0 Å². The van der Waals surface area contributed by atoms with Crippen molar-refractivity contribution in [1.82, 2.24) is 0 Å². The molecule has 1 aliphatic rings. The van der Waals surface area contributed by atoms with Gasteiger partial charge in [-0.25, -0.2) is 0 Å². The van der Waals surface area contributed by atoms with E-state index >= 15 is 0 Å². The van der Waals surface area contributed by atoms with Crippen molar-refractivity contribution in [1.29, 1.82) is 0 Å². The number of para-hydroxylation sites is 1. The predicted octanol–water partition coefficient (Wildman–Crippen LogP) is 4.07. The van der Waals surface area contributed by atoms with E-state index in [9.17, 15) is 0 Å². The van der Waals surface area contributed by atoms with E-state index in [4.69, 9.17) is 4.74 Å². The van der Waals surface area contributed by atoms with Crippen molar-refractivity contribution in [3.05, 3.63) is 54.1 Å². The van der Waals surface area contributed by atoms with E-state index < -0.39 is 0 Å². The van der Waals surface area contributed by atoms with E-state index in [2.05, 4.69) is 56.3 Å². The van der Waals surface area contributed by atoms with Crippen molar-refractivity contribution in [2.24, 2.45) is 0 Å². The molecule has 0 aliphatic carbocycles. The van der Waals surface area contributed by atoms with Crippen LogP contribution in [0, 0.1) is 0 Å². The maximum absolute atomic E-state index is 6.08. The van der Waals surface area contributed by atoms with Gasteiger partial charge in [-0.05, 0) is 25.0 Å². The molecule has 3 rings (SSSR count). The zero-order chi connectivity index (χ0) is 11.9. The number of benzene rings is 2. The molecule has 1 nitrogen and oxygen atoms in total. The van der Waals surface area contributed by atoms with Crippen LogP contribution in [0.4, 0.5) is 0 Å². The molecule has 0 aromatic heterocycles. The summed E-state index contributed by atoms with van der Waals surface area (Å²) in [5.41, 5.74) is 3.67. The van der Waals surface area contributed by atoms with Gasteiger partial charge in [0, 0.05) is 12.0 Å². The molecule has 17 heavy (non-hydrogen) atoms. The maximum Gasteiger partial charge on any atom is 0.131 e. The van der Waals surface area contributed by atoms with Gasteiger partial charge in [-0.2, -0.15) is 0 Å². The minimum atomic E-state index is -0.0762. The first-order chi connectivity index (χ1) is 8.16. The van der Waals surface area contributed by atoms with E-state index in [0.29, 0.717) is 0 Å². The fraction of sp³-hybridized carbons (Fsp3) is 0.250. The number of rotatable bonds is 1. The summed E-state index contributed by atoms with van der Waals surface area (Å²) in [5, 5.41) is 0. The van der Waals surface area contributed by atoms with Gasteiger partial charge in [0.15, 0.2) is 0 Å². The summed E-state index contributed by atoms with van der Waals surface area (Å²) in [4.78, 5) is 0. The van der Waals surface area contributed by atoms with Crippen molar-refractivity contribution in [3.63, 3.8) is 0 Å². The Morgan fingerprint density at radius 3 is 2.47 bits per heavy atom. The first-order valence-electron chi connectivity index (χ1n) is 6.02. The van der Waals surface area contributed by atoms with Crippen molar-refractivity contribution >= 4 is 0 Å². The van der Waals surface area contributed by atoms with Gasteiger partial charge < -0.3 is 4.74 Å². The molecule has 0 saturated heterocycles. The van der Waals surface area contributed by atoms with Crippen LogP contribution in [0.3, 0.4) is 0 Å². The molecule has 1 heterocycles. The zero-order valence-electron chi connectivity index (χ0n) is 10.2. The van der Waals surface area contributed by atoms with Crippen molar-refractivity contribution in [3.8, 4) is 16.9 Å². The Morgan fingerprint density at radius 1 is 0.941 bits per heavy atom. The maximum atomic E-state index is 6.08. The first-order valence-corrected chi connectivity index (χ1v) is 6.02. The highest BCUT2D eigenvalue weighted by Gasteiger charge is 2.31. The number of hydrogen-bond donors (Lipinski definition) is 0. The van der Waals surface area contributed by atoms with E-state index in [0.717, 1.165) is 12.2 Å². The van der Waals surface area contributed by atoms with Gasteiger partial charge in [0.05, 0.1) is 0 Å². The third-order valence-electron chi connectivity index (χ3n) is 3.18. The molecule has 1 aliphatic heterocycles. The third-order valence-corrected chi connectivity index (χ3v) is 3.18. The molecule has 0 spiro atoms. The van der Waals surface area contributed by atoms with Crippen LogP contribution in [0.15, 0.2) is 48.5 Å². The second kappa shape index (κ2) is 3.63. The Balaban J connectivity index is 2.13. The molecule has 2 aromatic carbocycles. The Hall–Kier alpha value is -1.76. The van der Waals surface area contributed by atoms with Gasteiger partial charge >= 0.3 is 0 Å². The summed E-state index contributed by atoms with van der Waals surface area (Å²) in [6, 6.07) is 16.8. The standard InChI is InChI=1S/C16H16O/c1-16(2)11-13-9-6-10-14(15(13)17-16)12-7-4-3-5-8-12/h3-10H,11H2,1-2H3. The molecule has 0 N–H and O–H groups in total. The first kappa shape index (κ1) is 10.4. The average molecular weight is 224 g/mol. The predicted molar refractivity (Wildman–Crippen MR) is 70.3 cm³/mol. The number of fused-ring (bicyclic) bond motifs is 1. The lowest BCUT2D eigenvalue weighted by Gasteiger charge is -2.18. The molecule has 0 radical (unpaired) electrons. The van der Waals surface area contributed by atoms with Gasteiger partial charge in [0.2, 0.25) is 0 Å². The van der Waals surface area contributed by atoms with Gasteiger partial charge in [0.1, 0.15) is 11.4 Å². The third kappa shape index (κ3) is 1.82. The lowest BCUT2D eigenvalue weighted by atomic mass is 9.98. The van der Waals surface area contributed by atoms with E-state index in [1.54, 1.807) is 0 Å². The topological polar surface area (TPSA) is 9.23 Å². The van der Waals surface area contributed by atoms with E-state index in [1.807, 2.05) is 6.07 Å². The zero-order valence-corrected chi connectivity index (χ0v) is 10.2. The smallest absolute Gasteiger partial charge is 0.131 e. The van der Waals surface area contributed by atoms with Crippen molar-refractivity contribution in [2.75, 3.05) is 0 Å². The molecule has 2 aromatic rings. The summed E-state index contributed by atoms with van der Waals surface area (Å²) in [5.74, 6) is 1.06. The summed E-state index contributed by atoms with van der Waals surface area (Å²) in [6.45, 7) is 4.28. The van der Waals surface area contributed by atoms with Crippen LogP contribution in [0.1, 0.15) is 19.4 Å². The molecule has 0 saturated carbocycles. The van der Waals surface area contributed by atoms with Crippen LogP contribution in [-0.4, -0.2) is 5.60 Å².